The molecule has 2 heterocycles. The third kappa shape index (κ3) is 5.38. The molecule has 26 heavy (non-hydrogen) atoms. The smallest absolute Gasteiger partial charge is 0.330 e. The lowest BCUT2D eigenvalue weighted by atomic mass is 10.4. The zero-order valence-electron chi connectivity index (χ0n) is 14.6. The third-order valence-electron chi connectivity index (χ3n) is 3.34. The van der Waals surface area contributed by atoms with Crippen molar-refractivity contribution in [3.8, 4) is 0 Å². The van der Waals surface area contributed by atoms with Crippen LogP contribution in [0.4, 0.5) is 5.95 Å². The van der Waals surface area contributed by atoms with Gasteiger partial charge in [0.2, 0.25) is 11.9 Å². The fraction of sp³-hybridized carbons (Fsp3) is 0.571. The van der Waals surface area contributed by atoms with Crippen LogP contribution in [0, 0.1) is 0 Å². The van der Waals surface area contributed by atoms with Crippen molar-refractivity contribution in [3.63, 3.8) is 0 Å². The van der Waals surface area contributed by atoms with E-state index in [2.05, 4.69) is 20.3 Å². The molecule has 10 nitrogen and oxygen atoms in total. The van der Waals surface area contributed by atoms with Gasteiger partial charge in [0, 0.05) is 6.54 Å². The average molecular weight is 405 g/mol. The molecule has 3 N–H and O–H groups in total. The Kier molecular flexibility index (Phi) is 7.33. The first-order valence-corrected chi connectivity index (χ1v) is 10.3. The highest BCUT2D eigenvalue weighted by Gasteiger charge is 2.22. The number of hydrogen-bond donors (Lipinski definition) is 2. The molecule has 12 heteroatoms. The van der Waals surface area contributed by atoms with E-state index in [-0.39, 0.29) is 29.7 Å². The third-order valence-corrected chi connectivity index (χ3v) is 5.77. The summed E-state index contributed by atoms with van der Waals surface area (Å²) in [6, 6.07) is 0. The summed E-state index contributed by atoms with van der Waals surface area (Å²) >= 11 is 5.95. The Morgan fingerprint density at radius 2 is 2.04 bits per heavy atom. The lowest BCUT2D eigenvalue weighted by Crippen LogP contribution is -2.28. The standard InChI is InChI=1S/C14H22ClN6O4P/c1-3-24-26(23,25-4-2)7-5-6-17-10(22)8-21-9-18-11-12(15)19-14(16)20-13(11)21/h9H,3-8H2,1-2H3,(H,17,22)(H2,16,19,20). The molecule has 0 saturated carbocycles. The molecule has 2 aromatic heterocycles. The number of nitrogens with one attached hydrogen (secondary N) is 1. The largest absolute Gasteiger partial charge is 0.368 e. The SMILES string of the molecule is CCOP(=O)(CCCNC(=O)Cn1cnc2c(Cl)nc(N)nc21)OCC. The first kappa shape index (κ1) is 20.6. The maximum absolute atomic E-state index is 12.3. The molecule has 0 fully saturated rings. The van der Waals surface area contributed by atoms with Gasteiger partial charge in [0.25, 0.3) is 0 Å². The Bertz CT molecular complexity index is 804. The predicted octanol–water partition coefficient (Wildman–Crippen LogP) is 1.83. The van der Waals surface area contributed by atoms with E-state index in [1.807, 2.05) is 0 Å². The Morgan fingerprint density at radius 3 is 2.69 bits per heavy atom. The van der Waals surface area contributed by atoms with Crippen LogP contribution in [0.15, 0.2) is 6.33 Å². The molecule has 0 aliphatic rings. The number of rotatable bonds is 10. The first-order valence-electron chi connectivity index (χ1n) is 8.17. The maximum Gasteiger partial charge on any atom is 0.330 e. The average Bonchev–Trinajstić information content (AvgIpc) is 2.95. The van der Waals surface area contributed by atoms with Gasteiger partial charge in [0.15, 0.2) is 10.8 Å². The second-order valence-electron chi connectivity index (χ2n) is 5.29. The van der Waals surface area contributed by atoms with E-state index in [1.54, 1.807) is 13.8 Å². The normalized spacial score (nSPS) is 11.8. The van der Waals surface area contributed by atoms with Crippen molar-refractivity contribution >= 4 is 42.2 Å². The van der Waals surface area contributed by atoms with Gasteiger partial charge < -0.3 is 24.7 Å². The lowest BCUT2D eigenvalue weighted by Gasteiger charge is -2.16. The zero-order chi connectivity index (χ0) is 19.2. The quantitative estimate of drug-likeness (QED) is 0.348. The number of amides is 1. The number of nitrogens with zero attached hydrogens (tertiary/aromatic N) is 4. The summed E-state index contributed by atoms with van der Waals surface area (Å²) in [4.78, 5) is 24.0. The zero-order valence-corrected chi connectivity index (χ0v) is 16.3. The van der Waals surface area contributed by atoms with Gasteiger partial charge >= 0.3 is 7.60 Å². The van der Waals surface area contributed by atoms with Crippen molar-refractivity contribution in [2.24, 2.45) is 0 Å². The highest BCUT2D eigenvalue weighted by molar-refractivity contribution is 7.53. The van der Waals surface area contributed by atoms with Crippen molar-refractivity contribution in [1.82, 2.24) is 24.8 Å². The molecule has 0 radical (unpaired) electrons. The maximum atomic E-state index is 12.3. The number of halogens is 1. The minimum Gasteiger partial charge on any atom is -0.368 e. The van der Waals surface area contributed by atoms with Crippen LogP contribution in [-0.2, 0) is 25.0 Å². The van der Waals surface area contributed by atoms with Crippen molar-refractivity contribution in [2.45, 2.75) is 26.8 Å². The summed E-state index contributed by atoms with van der Waals surface area (Å²) in [5.74, 6) is -0.243. The lowest BCUT2D eigenvalue weighted by molar-refractivity contribution is -0.121. The number of imidazole rings is 1. The summed E-state index contributed by atoms with van der Waals surface area (Å²) in [6.45, 7) is 4.47. The van der Waals surface area contributed by atoms with Gasteiger partial charge in [-0.1, -0.05) is 11.6 Å². The van der Waals surface area contributed by atoms with Gasteiger partial charge in [-0.2, -0.15) is 9.97 Å². The molecule has 2 aromatic rings. The van der Waals surface area contributed by atoms with Crippen LogP contribution >= 0.6 is 19.2 Å². The molecule has 0 atom stereocenters. The summed E-state index contributed by atoms with van der Waals surface area (Å²) in [5.41, 5.74) is 6.34. The van der Waals surface area contributed by atoms with E-state index < -0.39 is 7.60 Å². The van der Waals surface area contributed by atoms with E-state index in [0.717, 1.165) is 0 Å². The number of carbonyl (C=O) groups is 1. The van der Waals surface area contributed by atoms with Gasteiger partial charge in [0.1, 0.15) is 12.1 Å². The summed E-state index contributed by atoms with van der Waals surface area (Å²) < 4.78 is 24.2. The number of fused-ring (bicyclic) bond motifs is 1. The molecule has 1 amide bonds. The molecule has 0 saturated heterocycles. The van der Waals surface area contributed by atoms with E-state index in [1.165, 1.54) is 10.9 Å². The van der Waals surface area contributed by atoms with E-state index in [9.17, 15) is 9.36 Å². The Hall–Kier alpha value is -1.74. The van der Waals surface area contributed by atoms with Crippen LogP contribution in [0.5, 0.6) is 0 Å². The van der Waals surface area contributed by atoms with Crippen LogP contribution in [0.25, 0.3) is 11.2 Å². The number of nitrogens with two attached hydrogens (primary N) is 1. The van der Waals surface area contributed by atoms with E-state index >= 15 is 0 Å². The fourth-order valence-electron chi connectivity index (χ4n) is 2.31. The molecule has 0 aliphatic carbocycles. The number of nitrogen functional groups attached to an aromatic ring is 1. The second-order valence-corrected chi connectivity index (χ2v) is 7.83. The molecule has 0 spiro atoms. The van der Waals surface area contributed by atoms with Crippen LogP contribution < -0.4 is 11.1 Å². The second kappa shape index (κ2) is 9.27. The number of aromatic nitrogens is 4. The Balaban J connectivity index is 1.87. The van der Waals surface area contributed by atoms with E-state index in [4.69, 9.17) is 26.4 Å². The minimum absolute atomic E-state index is 0.00212. The minimum atomic E-state index is -3.09. The summed E-state index contributed by atoms with van der Waals surface area (Å²) in [5, 5.41) is 2.88. The fourth-order valence-corrected chi connectivity index (χ4v) is 4.20. The van der Waals surface area contributed by atoms with Crippen LogP contribution in [0.1, 0.15) is 20.3 Å². The van der Waals surface area contributed by atoms with Gasteiger partial charge in [-0.3, -0.25) is 9.36 Å². The molecule has 0 unspecified atom stereocenters. The number of anilines is 1. The molecular formula is C14H22ClN6O4P. The monoisotopic (exact) mass is 404 g/mol. The highest BCUT2D eigenvalue weighted by Crippen LogP contribution is 2.48. The molecule has 0 aliphatic heterocycles. The van der Waals surface area contributed by atoms with Crippen molar-refractivity contribution in [1.29, 1.82) is 0 Å². The van der Waals surface area contributed by atoms with Crippen LogP contribution in [-0.4, -0.2) is 51.3 Å². The van der Waals surface area contributed by atoms with Crippen molar-refractivity contribution < 1.29 is 18.4 Å². The number of carbonyl (C=O) groups excluding carboxylic acids is 1. The van der Waals surface area contributed by atoms with Gasteiger partial charge in [-0.05, 0) is 20.3 Å². The Morgan fingerprint density at radius 1 is 1.35 bits per heavy atom. The Labute approximate surface area is 156 Å². The van der Waals surface area contributed by atoms with Crippen molar-refractivity contribution in [3.05, 3.63) is 11.5 Å². The van der Waals surface area contributed by atoms with Gasteiger partial charge in [-0.25, -0.2) is 4.98 Å². The molecule has 0 aromatic carbocycles. The van der Waals surface area contributed by atoms with E-state index in [0.29, 0.717) is 37.3 Å². The summed E-state index contributed by atoms with van der Waals surface area (Å²) in [6.07, 6.45) is 2.15. The summed E-state index contributed by atoms with van der Waals surface area (Å²) in [7, 11) is -3.09. The van der Waals surface area contributed by atoms with Gasteiger partial charge in [-0.15, -0.1) is 0 Å². The first-order chi connectivity index (χ1) is 12.4. The van der Waals surface area contributed by atoms with Crippen molar-refractivity contribution in [2.75, 3.05) is 31.7 Å². The molecule has 2 rings (SSSR count). The van der Waals surface area contributed by atoms with Gasteiger partial charge in [0.05, 0.1) is 25.7 Å². The number of hydrogen-bond acceptors (Lipinski definition) is 8. The predicted molar refractivity (Wildman–Crippen MR) is 98.1 cm³/mol. The topological polar surface area (TPSA) is 134 Å². The molecule has 0 bridgehead atoms. The molecule has 144 valence electrons. The molecular weight excluding hydrogens is 383 g/mol. The van der Waals surface area contributed by atoms with Crippen LogP contribution in [0.3, 0.4) is 0 Å². The highest BCUT2D eigenvalue weighted by atomic mass is 35.5. The van der Waals surface area contributed by atoms with Crippen LogP contribution in [0.2, 0.25) is 5.15 Å².